The van der Waals surface area contributed by atoms with Crippen molar-refractivity contribution in [3.05, 3.63) is 41.7 Å². The highest BCUT2D eigenvalue weighted by molar-refractivity contribution is 5.92. The first-order valence-corrected chi connectivity index (χ1v) is 9.07. The van der Waals surface area contributed by atoms with E-state index in [1.54, 1.807) is 36.1 Å². The lowest BCUT2D eigenvalue weighted by Crippen LogP contribution is -2.40. The molecule has 2 aromatic rings. The number of likely N-dealkylation sites (tertiary alicyclic amines) is 1. The molecule has 1 fully saturated rings. The van der Waals surface area contributed by atoms with Gasteiger partial charge in [-0.25, -0.2) is 9.97 Å². The molecule has 0 saturated carbocycles. The predicted molar refractivity (Wildman–Crippen MR) is 102 cm³/mol. The lowest BCUT2D eigenvalue weighted by molar-refractivity contribution is -0.132. The summed E-state index contributed by atoms with van der Waals surface area (Å²) in [5, 5.41) is 2.94. The van der Waals surface area contributed by atoms with E-state index in [-0.39, 0.29) is 17.7 Å². The number of rotatable bonds is 4. The van der Waals surface area contributed by atoms with Gasteiger partial charge < -0.3 is 15.0 Å². The first-order chi connectivity index (χ1) is 12.9. The second-order valence-corrected chi connectivity index (χ2v) is 6.83. The zero-order chi connectivity index (χ0) is 19.4. The molecule has 3 rings (SSSR count). The molecule has 2 heterocycles. The molecule has 1 aromatic heterocycles. The van der Waals surface area contributed by atoms with E-state index in [0.29, 0.717) is 43.4 Å². The Kier molecular flexibility index (Phi) is 5.69. The van der Waals surface area contributed by atoms with Crippen LogP contribution >= 0.6 is 0 Å². The first-order valence-electron chi connectivity index (χ1n) is 9.07. The van der Waals surface area contributed by atoms with Crippen LogP contribution in [0.2, 0.25) is 0 Å². The number of hydrogen-bond donors (Lipinski definition) is 1. The lowest BCUT2D eigenvalue weighted by atomic mass is 9.96. The third-order valence-electron chi connectivity index (χ3n) is 4.60. The normalized spacial score (nSPS) is 14.7. The van der Waals surface area contributed by atoms with Crippen molar-refractivity contribution in [2.24, 2.45) is 5.92 Å². The van der Waals surface area contributed by atoms with E-state index in [1.807, 2.05) is 19.9 Å². The fraction of sp³-hybridized carbons (Fsp3) is 0.400. The Labute approximate surface area is 158 Å². The standard InChI is InChI=1S/C20H24N4O3/c1-13-12-14(2)22-20(21-13)27-18-6-4-17(5-7-18)23-19(26)16-8-10-24(11-9-16)15(3)25/h4-7,12,16H,8-11H2,1-3H3,(H,23,26). The molecule has 1 aliphatic heterocycles. The predicted octanol–water partition coefficient (Wildman–Crippen LogP) is 3.08. The quantitative estimate of drug-likeness (QED) is 0.896. The Morgan fingerprint density at radius 1 is 1.07 bits per heavy atom. The van der Waals surface area contributed by atoms with Gasteiger partial charge in [0.05, 0.1) is 0 Å². The average Bonchev–Trinajstić information content (AvgIpc) is 2.62. The topological polar surface area (TPSA) is 84.4 Å². The molecule has 0 bridgehead atoms. The average molecular weight is 368 g/mol. The Balaban J connectivity index is 1.56. The number of piperidine rings is 1. The summed E-state index contributed by atoms with van der Waals surface area (Å²) in [6, 6.07) is 9.32. The number of carbonyl (C=O) groups is 2. The summed E-state index contributed by atoms with van der Waals surface area (Å²) in [5.41, 5.74) is 2.40. The SMILES string of the molecule is CC(=O)N1CCC(C(=O)Nc2ccc(Oc3nc(C)cc(C)n3)cc2)CC1. The van der Waals surface area contributed by atoms with Crippen LogP contribution in [0, 0.1) is 19.8 Å². The van der Waals surface area contributed by atoms with Crippen molar-refractivity contribution in [2.45, 2.75) is 33.6 Å². The second-order valence-electron chi connectivity index (χ2n) is 6.83. The fourth-order valence-corrected chi connectivity index (χ4v) is 3.15. The molecular weight excluding hydrogens is 344 g/mol. The van der Waals surface area contributed by atoms with E-state index in [2.05, 4.69) is 15.3 Å². The van der Waals surface area contributed by atoms with Crippen LogP contribution in [0.1, 0.15) is 31.2 Å². The summed E-state index contributed by atoms with van der Waals surface area (Å²) < 4.78 is 5.68. The minimum absolute atomic E-state index is 0.00971. The maximum Gasteiger partial charge on any atom is 0.322 e. The summed E-state index contributed by atoms with van der Waals surface area (Å²) in [4.78, 5) is 34.1. The Bertz CT molecular complexity index is 807. The van der Waals surface area contributed by atoms with Gasteiger partial charge in [0.25, 0.3) is 0 Å². The number of carbonyl (C=O) groups excluding carboxylic acids is 2. The van der Waals surface area contributed by atoms with E-state index in [1.165, 1.54) is 0 Å². The summed E-state index contributed by atoms with van der Waals surface area (Å²) in [6.45, 7) is 6.61. The van der Waals surface area contributed by atoms with Crippen molar-refractivity contribution in [3.63, 3.8) is 0 Å². The molecule has 27 heavy (non-hydrogen) atoms. The maximum absolute atomic E-state index is 12.4. The number of hydrogen-bond acceptors (Lipinski definition) is 5. The van der Waals surface area contributed by atoms with Crippen LogP contribution in [-0.4, -0.2) is 39.8 Å². The van der Waals surface area contributed by atoms with E-state index in [9.17, 15) is 9.59 Å². The zero-order valence-corrected chi connectivity index (χ0v) is 15.9. The Morgan fingerprint density at radius 2 is 1.67 bits per heavy atom. The summed E-state index contributed by atoms with van der Waals surface area (Å²) in [5.74, 6) is 0.592. The van der Waals surface area contributed by atoms with Gasteiger partial charge in [0.1, 0.15) is 5.75 Å². The molecule has 1 N–H and O–H groups in total. The van der Waals surface area contributed by atoms with Gasteiger partial charge in [-0.15, -0.1) is 0 Å². The van der Waals surface area contributed by atoms with Gasteiger partial charge >= 0.3 is 6.01 Å². The van der Waals surface area contributed by atoms with Gasteiger partial charge in [-0.05, 0) is 57.0 Å². The fourth-order valence-electron chi connectivity index (χ4n) is 3.15. The highest BCUT2D eigenvalue weighted by Gasteiger charge is 2.26. The molecule has 1 aliphatic rings. The second kappa shape index (κ2) is 8.16. The largest absolute Gasteiger partial charge is 0.424 e. The molecule has 0 aliphatic carbocycles. The van der Waals surface area contributed by atoms with E-state index < -0.39 is 0 Å². The Morgan fingerprint density at radius 3 is 2.22 bits per heavy atom. The van der Waals surface area contributed by atoms with Gasteiger partial charge in [-0.2, -0.15) is 0 Å². The van der Waals surface area contributed by atoms with Crippen LogP contribution < -0.4 is 10.1 Å². The van der Waals surface area contributed by atoms with E-state index in [4.69, 9.17) is 4.74 Å². The van der Waals surface area contributed by atoms with Crippen molar-refractivity contribution in [1.29, 1.82) is 0 Å². The number of nitrogens with one attached hydrogen (secondary N) is 1. The minimum Gasteiger partial charge on any atom is -0.424 e. The highest BCUT2D eigenvalue weighted by atomic mass is 16.5. The molecule has 0 atom stereocenters. The van der Waals surface area contributed by atoms with Gasteiger partial charge in [0.15, 0.2) is 0 Å². The number of ether oxygens (including phenoxy) is 1. The number of anilines is 1. The molecule has 0 unspecified atom stereocenters. The number of amides is 2. The van der Waals surface area contributed by atoms with E-state index in [0.717, 1.165) is 11.4 Å². The highest BCUT2D eigenvalue weighted by Crippen LogP contribution is 2.23. The number of aryl methyl sites for hydroxylation is 2. The van der Waals surface area contributed by atoms with Crippen LogP contribution in [0.5, 0.6) is 11.8 Å². The van der Waals surface area contributed by atoms with Crippen molar-refractivity contribution in [3.8, 4) is 11.8 Å². The van der Waals surface area contributed by atoms with Crippen LogP contribution in [0.4, 0.5) is 5.69 Å². The monoisotopic (exact) mass is 368 g/mol. The maximum atomic E-state index is 12.4. The first kappa shape index (κ1) is 18.8. The smallest absolute Gasteiger partial charge is 0.322 e. The van der Waals surface area contributed by atoms with Crippen molar-refractivity contribution in [1.82, 2.24) is 14.9 Å². The number of aromatic nitrogens is 2. The summed E-state index contributed by atoms with van der Waals surface area (Å²) in [7, 11) is 0. The van der Waals surface area contributed by atoms with Crippen molar-refractivity contribution in [2.75, 3.05) is 18.4 Å². The van der Waals surface area contributed by atoms with Gasteiger partial charge in [-0.3, -0.25) is 9.59 Å². The number of benzene rings is 1. The molecule has 142 valence electrons. The number of nitrogens with zero attached hydrogens (tertiary/aromatic N) is 3. The summed E-state index contributed by atoms with van der Waals surface area (Å²) >= 11 is 0. The molecule has 0 spiro atoms. The molecule has 1 saturated heterocycles. The Hall–Kier alpha value is -2.96. The molecule has 0 radical (unpaired) electrons. The third-order valence-corrected chi connectivity index (χ3v) is 4.60. The molecule has 1 aromatic carbocycles. The molecular formula is C20H24N4O3. The van der Waals surface area contributed by atoms with Gasteiger partial charge in [0.2, 0.25) is 11.8 Å². The van der Waals surface area contributed by atoms with Gasteiger partial charge in [-0.1, -0.05) is 0 Å². The zero-order valence-electron chi connectivity index (χ0n) is 15.9. The van der Waals surface area contributed by atoms with Gasteiger partial charge in [0, 0.05) is 43.0 Å². The molecule has 2 amide bonds. The lowest BCUT2D eigenvalue weighted by Gasteiger charge is -2.30. The van der Waals surface area contributed by atoms with Crippen LogP contribution in [0.3, 0.4) is 0 Å². The third kappa shape index (κ3) is 5.03. The van der Waals surface area contributed by atoms with Crippen molar-refractivity contribution >= 4 is 17.5 Å². The van der Waals surface area contributed by atoms with E-state index >= 15 is 0 Å². The molecule has 7 nitrogen and oxygen atoms in total. The van der Waals surface area contributed by atoms with Crippen LogP contribution in [0.25, 0.3) is 0 Å². The van der Waals surface area contributed by atoms with Crippen molar-refractivity contribution < 1.29 is 14.3 Å². The van der Waals surface area contributed by atoms with Crippen LogP contribution in [0.15, 0.2) is 30.3 Å². The minimum atomic E-state index is -0.0693. The van der Waals surface area contributed by atoms with Crippen LogP contribution in [-0.2, 0) is 9.59 Å². The summed E-state index contributed by atoms with van der Waals surface area (Å²) in [6.07, 6.45) is 1.38. The molecule has 7 heteroatoms.